The van der Waals surface area contributed by atoms with Gasteiger partial charge in [0.05, 0.1) is 6.54 Å². The topological polar surface area (TPSA) is 54.2 Å². The fourth-order valence-electron chi connectivity index (χ4n) is 1.69. The standard InChI is InChI=1S/C13H19N5S/c1-14-13(16-11-12-5-2-10-19-12)15-6-3-8-18-9-4-7-17-18/h2,4-5,7,9-10H,3,6,8,11H2,1H3,(H2,14,15,16). The van der Waals surface area contributed by atoms with Gasteiger partial charge in [-0.05, 0) is 23.9 Å². The van der Waals surface area contributed by atoms with Crippen LogP contribution >= 0.6 is 11.3 Å². The molecule has 6 heteroatoms. The quantitative estimate of drug-likeness (QED) is 0.480. The first kappa shape index (κ1) is 13.6. The van der Waals surface area contributed by atoms with Crippen LogP contribution in [0, 0.1) is 0 Å². The molecule has 0 spiro atoms. The van der Waals surface area contributed by atoms with E-state index in [1.54, 1.807) is 24.6 Å². The van der Waals surface area contributed by atoms with Crippen LogP contribution in [0.3, 0.4) is 0 Å². The van der Waals surface area contributed by atoms with Gasteiger partial charge in [0.25, 0.3) is 0 Å². The Labute approximate surface area is 117 Å². The highest BCUT2D eigenvalue weighted by molar-refractivity contribution is 7.09. The fourth-order valence-corrected chi connectivity index (χ4v) is 2.33. The van der Waals surface area contributed by atoms with E-state index < -0.39 is 0 Å². The van der Waals surface area contributed by atoms with Gasteiger partial charge in [0.15, 0.2) is 5.96 Å². The van der Waals surface area contributed by atoms with E-state index in [9.17, 15) is 0 Å². The molecule has 0 atom stereocenters. The van der Waals surface area contributed by atoms with Crippen molar-refractivity contribution in [2.45, 2.75) is 19.5 Å². The van der Waals surface area contributed by atoms with Crippen LogP contribution in [-0.4, -0.2) is 29.3 Å². The molecule has 0 saturated heterocycles. The summed E-state index contributed by atoms with van der Waals surface area (Å²) < 4.78 is 1.93. The molecule has 0 aliphatic rings. The minimum Gasteiger partial charge on any atom is -0.356 e. The molecule has 19 heavy (non-hydrogen) atoms. The summed E-state index contributed by atoms with van der Waals surface area (Å²) in [6.45, 7) is 2.61. The Kier molecular flexibility index (Phi) is 5.43. The number of thiophene rings is 1. The van der Waals surface area contributed by atoms with E-state index in [1.165, 1.54) is 4.88 Å². The average molecular weight is 277 g/mol. The molecule has 0 fully saturated rings. The zero-order valence-corrected chi connectivity index (χ0v) is 11.9. The van der Waals surface area contributed by atoms with E-state index in [1.807, 2.05) is 16.9 Å². The summed E-state index contributed by atoms with van der Waals surface area (Å²) >= 11 is 1.75. The Morgan fingerprint density at radius 1 is 1.42 bits per heavy atom. The molecule has 0 aliphatic carbocycles. The van der Waals surface area contributed by atoms with Crippen LogP contribution in [0.4, 0.5) is 0 Å². The number of aliphatic imine (C=N–C) groups is 1. The lowest BCUT2D eigenvalue weighted by Gasteiger charge is -2.11. The largest absolute Gasteiger partial charge is 0.356 e. The Bertz CT molecular complexity index is 475. The molecule has 0 aliphatic heterocycles. The predicted octanol–water partition coefficient (Wildman–Crippen LogP) is 1.70. The first-order chi connectivity index (χ1) is 9.38. The van der Waals surface area contributed by atoms with Crippen LogP contribution in [-0.2, 0) is 13.1 Å². The normalized spacial score (nSPS) is 11.5. The van der Waals surface area contributed by atoms with Crippen LogP contribution in [0.5, 0.6) is 0 Å². The molecular formula is C13H19N5S. The number of aromatic nitrogens is 2. The molecule has 0 aromatic carbocycles. The second-order valence-corrected chi connectivity index (χ2v) is 5.09. The number of rotatable bonds is 6. The first-order valence-electron chi connectivity index (χ1n) is 6.33. The second-order valence-electron chi connectivity index (χ2n) is 4.05. The maximum absolute atomic E-state index is 4.20. The van der Waals surface area contributed by atoms with Gasteiger partial charge < -0.3 is 10.6 Å². The molecule has 2 N–H and O–H groups in total. The molecule has 2 heterocycles. The Morgan fingerprint density at radius 2 is 2.37 bits per heavy atom. The number of nitrogens with zero attached hydrogens (tertiary/aromatic N) is 3. The van der Waals surface area contributed by atoms with Gasteiger partial charge in [-0.2, -0.15) is 5.10 Å². The van der Waals surface area contributed by atoms with Gasteiger partial charge in [0, 0.05) is 37.4 Å². The van der Waals surface area contributed by atoms with Crippen LogP contribution in [0.15, 0.2) is 41.0 Å². The predicted molar refractivity (Wildman–Crippen MR) is 79.4 cm³/mol. The second kappa shape index (κ2) is 7.58. The summed E-state index contributed by atoms with van der Waals surface area (Å²) in [7, 11) is 1.79. The number of hydrogen-bond acceptors (Lipinski definition) is 3. The van der Waals surface area contributed by atoms with Crippen LogP contribution < -0.4 is 10.6 Å². The van der Waals surface area contributed by atoms with Crippen LogP contribution in [0.25, 0.3) is 0 Å². The maximum Gasteiger partial charge on any atom is 0.191 e. The number of aryl methyl sites for hydroxylation is 1. The SMILES string of the molecule is CN=C(NCCCn1cccn1)NCc1cccs1. The molecule has 0 amide bonds. The van der Waals surface area contributed by atoms with Crippen molar-refractivity contribution in [1.82, 2.24) is 20.4 Å². The average Bonchev–Trinajstić information content (AvgIpc) is 3.11. The smallest absolute Gasteiger partial charge is 0.191 e. The van der Waals surface area contributed by atoms with Gasteiger partial charge in [-0.1, -0.05) is 6.07 Å². The number of guanidine groups is 1. The molecule has 2 aromatic heterocycles. The van der Waals surface area contributed by atoms with Gasteiger partial charge >= 0.3 is 0 Å². The molecule has 0 radical (unpaired) electrons. The van der Waals surface area contributed by atoms with Gasteiger partial charge in [-0.3, -0.25) is 9.67 Å². The molecule has 0 saturated carbocycles. The highest BCUT2D eigenvalue weighted by Gasteiger charge is 1.98. The first-order valence-corrected chi connectivity index (χ1v) is 7.21. The molecule has 2 rings (SSSR count). The lowest BCUT2D eigenvalue weighted by atomic mass is 10.4. The highest BCUT2D eigenvalue weighted by Crippen LogP contribution is 2.06. The van der Waals surface area contributed by atoms with Gasteiger partial charge in [0.2, 0.25) is 0 Å². The molecule has 0 unspecified atom stereocenters. The van der Waals surface area contributed by atoms with E-state index >= 15 is 0 Å². The van der Waals surface area contributed by atoms with E-state index in [0.717, 1.165) is 32.0 Å². The molecule has 102 valence electrons. The monoisotopic (exact) mass is 277 g/mol. The minimum absolute atomic E-state index is 0.816. The molecule has 0 bridgehead atoms. The molecule has 5 nitrogen and oxygen atoms in total. The third kappa shape index (κ3) is 4.75. The zero-order chi connectivity index (χ0) is 13.3. The van der Waals surface area contributed by atoms with E-state index in [0.29, 0.717) is 0 Å². The number of hydrogen-bond donors (Lipinski definition) is 2. The van der Waals surface area contributed by atoms with Gasteiger partial charge in [-0.25, -0.2) is 0 Å². The van der Waals surface area contributed by atoms with Gasteiger partial charge in [0.1, 0.15) is 0 Å². The lowest BCUT2D eigenvalue weighted by molar-refractivity contribution is 0.570. The minimum atomic E-state index is 0.816. The molecule has 2 aromatic rings. The maximum atomic E-state index is 4.20. The summed E-state index contributed by atoms with van der Waals surface area (Å²) in [5.74, 6) is 0.842. The lowest BCUT2D eigenvalue weighted by Crippen LogP contribution is -2.37. The van der Waals surface area contributed by atoms with Crippen molar-refractivity contribution in [2.75, 3.05) is 13.6 Å². The van der Waals surface area contributed by atoms with E-state index in [-0.39, 0.29) is 0 Å². The zero-order valence-electron chi connectivity index (χ0n) is 11.0. The summed E-state index contributed by atoms with van der Waals surface area (Å²) in [6.07, 6.45) is 4.79. The van der Waals surface area contributed by atoms with Crippen LogP contribution in [0.1, 0.15) is 11.3 Å². The highest BCUT2D eigenvalue weighted by atomic mass is 32.1. The summed E-state index contributed by atoms with van der Waals surface area (Å²) in [6, 6.07) is 6.11. The van der Waals surface area contributed by atoms with Crippen molar-refractivity contribution in [3.63, 3.8) is 0 Å². The van der Waals surface area contributed by atoms with Crippen molar-refractivity contribution in [2.24, 2.45) is 4.99 Å². The van der Waals surface area contributed by atoms with E-state index in [4.69, 9.17) is 0 Å². The Hall–Kier alpha value is -1.82. The van der Waals surface area contributed by atoms with Crippen molar-refractivity contribution in [3.8, 4) is 0 Å². The third-order valence-corrected chi connectivity index (χ3v) is 3.53. The van der Waals surface area contributed by atoms with Crippen LogP contribution in [0.2, 0.25) is 0 Å². The Balaban J connectivity index is 1.62. The van der Waals surface area contributed by atoms with Crippen molar-refractivity contribution >= 4 is 17.3 Å². The Morgan fingerprint density at radius 3 is 3.05 bits per heavy atom. The third-order valence-electron chi connectivity index (χ3n) is 2.65. The summed E-state index contributed by atoms with van der Waals surface area (Å²) in [5, 5.41) is 12.8. The summed E-state index contributed by atoms with van der Waals surface area (Å²) in [5.41, 5.74) is 0. The number of nitrogens with one attached hydrogen (secondary N) is 2. The summed E-state index contributed by atoms with van der Waals surface area (Å²) in [4.78, 5) is 5.50. The fraction of sp³-hybridized carbons (Fsp3) is 0.385. The van der Waals surface area contributed by atoms with Crippen molar-refractivity contribution in [1.29, 1.82) is 0 Å². The molecular weight excluding hydrogens is 258 g/mol. The van der Waals surface area contributed by atoms with Crippen molar-refractivity contribution in [3.05, 3.63) is 40.8 Å². The van der Waals surface area contributed by atoms with Gasteiger partial charge in [-0.15, -0.1) is 11.3 Å². The van der Waals surface area contributed by atoms with E-state index in [2.05, 4.69) is 38.2 Å². The van der Waals surface area contributed by atoms with Crippen molar-refractivity contribution < 1.29 is 0 Å².